The lowest BCUT2D eigenvalue weighted by atomic mass is 9.83. The number of allylic oxidation sites excluding steroid dienone is 2. The summed E-state index contributed by atoms with van der Waals surface area (Å²) >= 11 is 1.51. The molecule has 8 heteroatoms. The fraction of sp³-hybridized carbons (Fsp3) is 0.250. The Hall–Kier alpha value is -3.91. The van der Waals surface area contributed by atoms with E-state index in [4.69, 9.17) is 9.47 Å². The minimum atomic E-state index is -0.545. The molecule has 0 fully saturated rings. The van der Waals surface area contributed by atoms with Gasteiger partial charge in [0.1, 0.15) is 12.4 Å². The molecule has 0 amide bonds. The molecule has 3 heterocycles. The van der Waals surface area contributed by atoms with Gasteiger partial charge in [-0.05, 0) is 55.0 Å². The number of rotatable bonds is 8. The van der Waals surface area contributed by atoms with Crippen LogP contribution in [0.5, 0.6) is 0 Å². The third kappa shape index (κ3) is 5.49. The van der Waals surface area contributed by atoms with Crippen LogP contribution >= 0.6 is 11.3 Å². The zero-order valence-electron chi connectivity index (χ0n) is 20.8. The third-order valence-electron chi connectivity index (χ3n) is 6.08. The van der Waals surface area contributed by atoms with E-state index in [2.05, 4.69) is 15.3 Å². The van der Waals surface area contributed by atoms with Gasteiger partial charge in [0.05, 0.1) is 24.2 Å². The number of dihydropyridines is 1. The zero-order chi connectivity index (χ0) is 25.7. The number of aromatic amines is 1. The summed E-state index contributed by atoms with van der Waals surface area (Å²) in [6.45, 7) is 5.72. The van der Waals surface area contributed by atoms with Crippen molar-refractivity contribution >= 4 is 29.4 Å². The zero-order valence-corrected chi connectivity index (χ0v) is 21.6. The number of H-pyrrole nitrogens is 1. The smallest absolute Gasteiger partial charge is 0.337 e. The van der Waals surface area contributed by atoms with Crippen LogP contribution in [0.3, 0.4) is 0 Å². The van der Waals surface area contributed by atoms with Crippen LogP contribution in [0.15, 0.2) is 76.7 Å². The molecule has 1 atom stereocenters. The summed E-state index contributed by atoms with van der Waals surface area (Å²) in [4.78, 5) is 34.2. The second kappa shape index (κ2) is 11.2. The molecule has 0 bridgehead atoms. The van der Waals surface area contributed by atoms with E-state index in [0.29, 0.717) is 22.5 Å². The molecule has 1 aliphatic rings. The maximum absolute atomic E-state index is 13.3. The molecule has 2 aromatic heterocycles. The number of thiophene rings is 1. The lowest BCUT2D eigenvalue weighted by molar-refractivity contribution is -0.138. The number of imidazole rings is 1. The first-order valence-corrected chi connectivity index (χ1v) is 12.5. The second-order valence-electron chi connectivity index (χ2n) is 8.55. The van der Waals surface area contributed by atoms with E-state index in [-0.39, 0.29) is 6.61 Å². The quantitative estimate of drug-likeness (QED) is 0.419. The van der Waals surface area contributed by atoms with Crippen LogP contribution in [0.4, 0.5) is 0 Å². The summed E-state index contributed by atoms with van der Waals surface area (Å²) in [5, 5.41) is 5.12. The number of carbonyl (C=O) groups is 2. The van der Waals surface area contributed by atoms with Gasteiger partial charge >= 0.3 is 11.9 Å². The molecule has 3 aromatic rings. The van der Waals surface area contributed by atoms with Gasteiger partial charge in [-0.25, -0.2) is 14.6 Å². The van der Waals surface area contributed by atoms with Crippen molar-refractivity contribution in [1.82, 2.24) is 15.3 Å². The van der Waals surface area contributed by atoms with Gasteiger partial charge in [0.15, 0.2) is 0 Å². The number of nitrogens with one attached hydrogen (secondary N) is 2. The largest absolute Gasteiger partial charge is 0.466 e. The predicted octanol–water partition coefficient (Wildman–Crippen LogP) is 5.03. The highest BCUT2D eigenvalue weighted by molar-refractivity contribution is 7.10. The Morgan fingerprint density at radius 2 is 1.78 bits per heavy atom. The number of hydrogen-bond donors (Lipinski definition) is 2. The van der Waals surface area contributed by atoms with E-state index >= 15 is 0 Å². The summed E-state index contributed by atoms with van der Waals surface area (Å²) < 4.78 is 10.7. The molecule has 1 aliphatic heterocycles. The molecule has 0 aliphatic carbocycles. The van der Waals surface area contributed by atoms with E-state index in [9.17, 15) is 9.59 Å². The van der Waals surface area contributed by atoms with Crippen LogP contribution in [-0.2, 0) is 25.5 Å². The van der Waals surface area contributed by atoms with Gasteiger partial charge in [-0.3, -0.25) is 0 Å². The van der Waals surface area contributed by atoms with Gasteiger partial charge in [-0.15, -0.1) is 11.3 Å². The molecule has 2 N–H and O–H groups in total. The lowest BCUT2D eigenvalue weighted by Gasteiger charge is -2.29. The highest BCUT2D eigenvalue weighted by Crippen LogP contribution is 2.42. The Balaban J connectivity index is 1.46. The molecule has 0 saturated heterocycles. The summed E-state index contributed by atoms with van der Waals surface area (Å²) in [6, 6.07) is 10.1. The molecule has 0 saturated carbocycles. The van der Waals surface area contributed by atoms with Crippen molar-refractivity contribution in [2.45, 2.75) is 33.1 Å². The Kier molecular flexibility index (Phi) is 7.85. The van der Waals surface area contributed by atoms with Crippen LogP contribution in [0.25, 0.3) is 6.08 Å². The Morgan fingerprint density at radius 3 is 2.39 bits per heavy atom. The van der Waals surface area contributed by atoms with Gasteiger partial charge in [0.2, 0.25) is 0 Å². The normalized spacial score (nSPS) is 15.8. The Labute approximate surface area is 214 Å². The SMILES string of the molecule is COC(=O)C1=C(C)NC(C)=C(C(=O)OCC=Cc2ccc(Cc3ncc[nH]3)cc2)C1c1sccc1C. The number of esters is 2. The first-order chi connectivity index (χ1) is 17.4. The molecule has 1 unspecified atom stereocenters. The number of ether oxygens (including phenoxy) is 2. The van der Waals surface area contributed by atoms with E-state index in [1.807, 2.05) is 68.8 Å². The third-order valence-corrected chi connectivity index (χ3v) is 7.16. The van der Waals surface area contributed by atoms with Gasteiger partial charge in [-0.2, -0.15) is 0 Å². The number of aryl methyl sites for hydroxylation is 1. The van der Waals surface area contributed by atoms with Gasteiger partial charge < -0.3 is 19.8 Å². The molecule has 36 heavy (non-hydrogen) atoms. The minimum absolute atomic E-state index is 0.107. The second-order valence-corrected chi connectivity index (χ2v) is 9.50. The van der Waals surface area contributed by atoms with Crippen LogP contribution in [0.2, 0.25) is 0 Å². The standard InChI is InChI=1S/C28H29N3O4S/c1-17-11-15-36-26(17)25-23(27(32)34-4)18(2)31-19(3)24(25)28(33)35-14-5-6-20-7-9-21(10-8-20)16-22-29-12-13-30-22/h5-13,15,25,31H,14,16H2,1-4H3,(H,29,30). The molecule has 7 nitrogen and oxygen atoms in total. The minimum Gasteiger partial charge on any atom is -0.466 e. The Bertz CT molecular complexity index is 1330. The van der Waals surface area contributed by atoms with E-state index in [1.165, 1.54) is 18.4 Å². The van der Waals surface area contributed by atoms with Crippen molar-refractivity contribution < 1.29 is 19.1 Å². The van der Waals surface area contributed by atoms with E-state index in [1.54, 1.807) is 12.3 Å². The first-order valence-electron chi connectivity index (χ1n) is 11.6. The van der Waals surface area contributed by atoms with Crippen LogP contribution in [-0.4, -0.2) is 35.6 Å². The molecular weight excluding hydrogens is 474 g/mol. The summed E-state index contributed by atoms with van der Waals surface area (Å²) in [5.41, 5.74) is 5.34. The number of benzene rings is 1. The average molecular weight is 504 g/mol. The first kappa shape index (κ1) is 25.2. The Morgan fingerprint density at radius 1 is 1.06 bits per heavy atom. The number of methoxy groups -OCH3 is 1. The van der Waals surface area contributed by atoms with E-state index in [0.717, 1.165) is 33.8 Å². The summed E-state index contributed by atoms with van der Waals surface area (Å²) in [7, 11) is 1.35. The van der Waals surface area contributed by atoms with Crippen molar-refractivity contribution in [2.75, 3.05) is 13.7 Å². The molecule has 0 radical (unpaired) electrons. The highest BCUT2D eigenvalue weighted by atomic mass is 32.1. The van der Waals surface area contributed by atoms with E-state index < -0.39 is 17.9 Å². The van der Waals surface area contributed by atoms with Crippen LogP contribution in [0, 0.1) is 6.92 Å². The average Bonchev–Trinajstić information content (AvgIpc) is 3.53. The topological polar surface area (TPSA) is 93.3 Å². The van der Waals surface area contributed by atoms with Gasteiger partial charge in [0.25, 0.3) is 0 Å². The van der Waals surface area contributed by atoms with Crippen molar-refractivity contribution in [1.29, 1.82) is 0 Å². The maximum atomic E-state index is 13.3. The monoisotopic (exact) mass is 503 g/mol. The highest BCUT2D eigenvalue weighted by Gasteiger charge is 2.39. The number of nitrogens with zero attached hydrogens (tertiary/aromatic N) is 1. The van der Waals surface area contributed by atoms with Crippen molar-refractivity contribution in [3.8, 4) is 0 Å². The lowest BCUT2D eigenvalue weighted by Crippen LogP contribution is -2.32. The van der Waals surface area contributed by atoms with Crippen molar-refractivity contribution in [2.24, 2.45) is 0 Å². The molecule has 186 valence electrons. The predicted molar refractivity (Wildman–Crippen MR) is 140 cm³/mol. The maximum Gasteiger partial charge on any atom is 0.337 e. The number of hydrogen-bond acceptors (Lipinski definition) is 7. The fourth-order valence-electron chi connectivity index (χ4n) is 4.31. The number of aromatic nitrogens is 2. The van der Waals surface area contributed by atoms with Gasteiger partial charge in [0, 0.05) is 35.1 Å². The molecular formula is C28H29N3O4S. The molecule has 0 spiro atoms. The van der Waals surface area contributed by atoms with Crippen molar-refractivity contribution in [3.63, 3.8) is 0 Å². The summed E-state index contributed by atoms with van der Waals surface area (Å²) in [5.74, 6) is -0.559. The van der Waals surface area contributed by atoms with Crippen LogP contribution < -0.4 is 5.32 Å². The van der Waals surface area contributed by atoms with Crippen molar-refractivity contribution in [3.05, 3.63) is 104 Å². The van der Waals surface area contributed by atoms with Crippen LogP contribution in [0.1, 0.15) is 47.2 Å². The number of carbonyl (C=O) groups excluding carboxylic acids is 2. The molecule has 1 aromatic carbocycles. The van der Waals surface area contributed by atoms with Gasteiger partial charge in [-0.1, -0.05) is 30.3 Å². The fourth-order valence-corrected chi connectivity index (χ4v) is 5.35. The molecule has 4 rings (SSSR count). The summed E-state index contributed by atoms with van der Waals surface area (Å²) in [6.07, 6.45) is 8.01.